The summed E-state index contributed by atoms with van der Waals surface area (Å²) in [6, 6.07) is 0.242. The molecule has 2 rings (SSSR count). The molecule has 2 unspecified atom stereocenters. The van der Waals surface area contributed by atoms with Crippen LogP contribution in [-0.2, 0) is 0 Å². The van der Waals surface area contributed by atoms with Crippen molar-refractivity contribution in [2.45, 2.75) is 32.7 Å². The van der Waals surface area contributed by atoms with Crippen molar-refractivity contribution in [3.63, 3.8) is 0 Å². The van der Waals surface area contributed by atoms with Crippen molar-refractivity contribution in [3.8, 4) is 0 Å². The molecule has 0 aromatic carbocycles. The Bertz CT molecular complexity index is 404. The Morgan fingerprint density at radius 3 is 3.06 bits per heavy atom. The molecule has 1 fully saturated rings. The van der Waals surface area contributed by atoms with Gasteiger partial charge in [0.05, 0.1) is 11.2 Å². The fourth-order valence-corrected chi connectivity index (χ4v) is 3.09. The van der Waals surface area contributed by atoms with E-state index in [0.29, 0.717) is 5.92 Å². The summed E-state index contributed by atoms with van der Waals surface area (Å²) in [5, 5.41) is 0. The van der Waals surface area contributed by atoms with Crippen LogP contribution in [0.25, 0.3) is 0 Å². The monoisotopic (exact) mass is 253 g/mol. The second-order valence-electron chi connectivity index (χ2n) is 4.64. The molecule has 1 aliphatic heterocycles. The van der Waals surface area contributed by atoms with Crippen LogP contribution in [-0.4, -0.2) is 34.9 Å². The zero-order valence-corrected chi connectivity index (χ0v) is 11.2. The van der Waals surface area contributed by atoms with Gasteiger partial charge in [0.15, 0.2) is 0 Å². The number of amides is 1. The molecular formula is C12H19N3OS. The van der Waals surface area contributed by atoms with Gasteiger partial charge in [-0.05, 0) is 19.3 Å². The molecule has 94 valence electrons. The first-order chi connectivity index (χ1) is 8.13. The Labute approximate surface area is 106 Å². The van der Waals surface area contributed by atoms with Crippen LogP contribution >= 0.6 is 11.3 Å². The molecule has 2 atom stereocenters. The number of aromatic nitrogens is 1. The first-order valence-electron chi connectivity index (χ1n) is 6.08. The summed E-state index contributed by atoms with van der Waals surface area (Å²) < 4.78 is 0. The number of carbonyl (C=O) groups excluding carboxylic acids is 1. The molecule has 4 nitrogen and oxygen atoms in total. The van der Waals surface area contributed by atoms with Crippen LogP contribution in [0.15, 0.2) is 5.51 Å². The van der Waals surface area contributed by atoms with Crippen LogP contribution in [0.5, 0.6) is 0 Å². The molecule has 1 aromatic heterocycles. The molecule has 0 saturated carbocycles. The van der Waals surface area contributed by atoms with E-state index in [1.54, 1.807) is 5.51 Å². The SMILES string of the molecule is CCC1CN(C(=O)c2scnc2C)CCC1N. The second-order valence-corrected chi connectivity index (χ2v) is 5.49. The number of rotatable bonds is 2. The molecule has 2 N–H and O–H groups in total. The summed E-state index contributed by atoms with van der Waals surface area (Å²) in [7, 11) is 0. The zero-order valence-electron chi connectivity index (χ0n) is 10.3. The quantitative estimate of drug-likeness (QED) is 0.872. The number of hydrogen-bond acceptors (Lipinski definition) is 4. The van der Waals surface area contributed by atoms with E-state index >= 15 is 0 Å². The van der Waals surface area contributed by atoms with Crippen LogP contribution in [0.3, 0.4) is 0 Å². The largest absolute Gasteiger partial charge is 0.337 e. The molecule has 0 spiro atoms. The fraction of sp³-hybridized carbons (Fsp3) is 0.667. The highest BCUT2D eigenvalue weighted by molar-refractivity contribution is 7.11. The average molecular weight is 253 g/mol. The maximum absolute atomic E-state index is 12.3. The van der Waals surface area contributed by atoms with Gasteiger partial charge in [0.2, 0.25) is 0 Å². The van der Waals surface area contributed by atoms with E-state index in [9.17, 15) is 4.79 Å². The molecule has 17 heavy (non-hydrogen) atoms. The van der Waals surface area contributed by atoms with Crippen LogP contribution in [0.1, 0.15) is 35.1 Å². The Morgan fingerprint density at radius 1 is 1.71 bits per heavy atom. The number of carbonyl (C=O) groups is 1. The molecule has 1 amide bonds. The summed E-state index contributed by atoms with van der Waals surface area (Å²) in [5.74, 6) is 0.552. The van der Waals surface area contributed by atoms with Gasteiger partial charge in [-0.3, -0.25) is 4.79 Å². The van der Waals surface area contributed by atoms with E-state index in [0.717, 1.165) is 36.5 Å². The van der Waals surface area contributed by atoms with E-state index < -0.39 is 0 Å². The third-order valence-electron chi connectivity index (χ3n) is 3.54. The Morgan fingerprint density at radius 2 is 2.47 bits per heavy atom. The van der Waals surface area contributed by atoms with Crippen molar-refractivity contribution < 1.29 is 4.79 Å². The number of nitrogens with zero attached hydrogens (tertiary/aromatic N) is 2. The van der Waals surface area contributed by atoms with Gasteiger partial charge in [0.1, 0.15) is 4.88 Å². The first kappa shape index (κ1) is 12.5. The molecule has 0 radical (unpaired) electrons. The van der Waals surface area contributed by atoms with Gasteiger partial charge in [0, 0.05) is 19.1 Å². The predicted molar refractivity (Wildman–Crippen MR) is 69.1 cm³/mol. The Hall–Kier alpha value is -0.940. The number of likely N-dealkylation sites (tertiary alicyclic amines) is 1. The van der Waals surface area contributed by atoms with Crippen LogP contribution in [0.4, 0.5) is 0 Å². The molecular weight excluding hydrogens is 234 g/mol. The molecule has 5 heteroatoms. The van der Waals surface area contributed by atoms with Gasteiger partial charge in [-0.25, -0.2) is 4.98 Å². The second kappa shape index (κ2) is 5.14. The lowest BCUT2D eigenvalue weighted by Crippen LogP contribution is -2.48. The van der Waals surface area contributed by atoms with Crippen molar-refractivity contribution >= 4 is 17.2 Å². The highest BCUT2D eigenvalue weighted by Gasteiger charge is 2.29. The van der Waals surface area contributed by atoms with Crippen LogP contribution in [0, 0.1) is 12.8 Å². The number of piperidine rings is 1. The van der Waals surface area contributed by atoms with E-state index in [4.69, 9.17) is 5.73 Å². The number of aryl methyl sites for hydroxylation is 1. The predicted octanol–water partition coefficient (Wildman–Crippen LogP) is 1.65. The average Bonchev–Trinajstić information content (AvgIpc) is 2.75. The van der Waals surface area contributed by atoms with Crippen molar-refractivity contribution in [1.29, 1.82) is 0 Å². The standard InChI is InChI=1S/C12H19N3OS/c1-3-9-6-15(5-4-10(9)13)12(16)11-8(2)14-7-17-11/h7,9-10H,3-6,13H2,1-2H3. The van der Waals surface area contributed by atoms with Crippen molar-refractivity contribution in [3.05, 3.63) is 16.1 Å². The number of nitrogens with two attached hydrogens (primary N) is 1. The van der Waals surface area contributed by atoms with Gasteiger partial charge < -0.3 is 10.6 Å². The summed E-state index contributed by atoms with van der Waals surface area (Å²) in [4.78, 5) is 19.1. The molecule has 0 aliphatic carbocycles. The molecule has 1 aromatic rings. The minimum atomic E-state index is 0.121. The van der Waals surface area contributed by atoms with Gasteiger partial charge in [-0.15, -0.1) is 11.3 Å². The lowest BCUT2D eigenvalue weighted by Gasteiger charge is -2.36. The van der Waals surface area contributed by atoms with Crippen LogP contribution in [0.2, 0.25) is 0 Å². The summed E-state index contributed by atoms with van der Waals surface area (Å²) in [6.45, 7) is 5.58. The van der Waals surface area contributed by atoms with Gasteiger partial charge >= 0.3 is 0 Å². The summed E-state index contributed by atoms with van der Waals surface area (Å²) in [5.41, 5.74) is 8.62. The number of hydrogen-bond donors (Lipinski definition) is 1. The van der Waals surface area contributed by atoms with E-state index in [2.05, 4.69) is 11.9 Å². The summed E-state index contributed by atoms with van der Waals surface area (Å²) >= 11 is 1.43. The Balaban J connectivity index is 2.09. The summed E-state index contributed by atoms with van der Waals surface area (Å²) in [6.07, 6.45) is 1.94. The minimum absolute atomic E-state index is 0.121. The van der Waals surface area contributed by atoms with Crippen LogP contribution < -0.4 is 5.73 Å². The smallest absolute Gasteiger partial charge is 0.265 e. The molecule has 1 aliphatic rings. The number of thiazole rings is 1. The first-order valence-corrected chi connectivity index (χ1v) is 6.96. The van der Waals surface area contributed by atoms with E-state index in [1.807, 2.05) is 11.8 Å². The van der Waals surface area contributed by atoms with Crippen molar-refractivity contribution in [2.24, 2.45) is 11.7 Å². The maximum Gasteiger partial charge on any atom is 0.265 e. The maximum atomic E-state index is 12.3. The van der Waals surface area contributed by atoms with E-state index in [-0.39, 0.29) is 11.9 Å². The molecule has 0 bridgehead atoms. The topological polar surface area (TPSA) is 59.2 Å². The van der Waals surface area contributed by atoms with Gasteiger partial charge in [-0.1, -0.05) is 13.3 Å². The van der Waals surface area contributed by atoms with E-state index in [1.165, 1.54) is 11.3 Å². The van der Waals surface area contributed by atoms with Crippen molar-refractivity contribution in [2.75, 3.05) is 13.1 Å². The fourth-order valence-electron chi connectivity index (χ4n) is 2.32. The normalized spacial score (nSPS) is 25.0. The lowest BCUT2D eigenvalue weighted by atomic mass is 9.90. The van der Waals surface area contributed by atoms with Gasteiger partial charge in [0.25, 0.3) is 5.91 Å². The zero-order chi connectivity index (χ0) is 12.4. The lowest BCUT2D eigenvalue weighted by molar-refractivity contribution is 0.0653. The van der Waals surface area contributed by atoms with Crippen molar-refractivity contribution in [1.82, 2.24) is 9.88 Å². The molecule has 1 saturated heterocycles. The van der Waals surface area contributed by atoms with Gasteiger partial charge in [-0.2, -0.15) is 0 Å². The highest BCUT2D eigenvalue weighted by Crippen LogP contribution is 2.22. The third-order valence-corrected chi connectivity index (χ3v) is 4.46. The highest BCUT2D eigenvalue weighted by atomic mass is 32.1. The minimum Gasteiger partial charge on any atom is -0.337 e. The Kier molecular flexibility index (Phi) is 3.79. The molecule has 2 heterocycles. The third kappa shape index (κ3) is 2.50.